The van der Waals surface area contributed by atoms with E-state index >= 15 is 0 Å². The van der Waals surface area contributed by atoms with Crippen LogP contribution in [-0.4, -0.2) is 54.1 Å². The van der Waals surface area contributed by atoms with Crippen LogP contribution in [-0.2, 0) is 15.7 Å². The molecule has 0 saturated carbocycles. The Bertz CT molecular complexity index is 608. The fraction of sp³-hybridized carbons (Fsp3) is 0.765. The second kappa shape index (κ2) is 16.1. The van der Waals surface area contributed by atoms with Gasteiger partial charge in [0.2, 0.25) is 0 Å². The van der Waals surface area contributed by atoms with Crippen LogP contribution in [0.2, 0.25) is 0 Å². The van der Waals surface area contributed by atoms with E-state index in [9.17, 15) is 4.57 Å². The first-order valence-corrected chi connectivity index (χ1v) is 12.0. The quantitative estimate of drug-likeness (QED) is 0.136. The van der Waals surface area contributed by atoms with Crippen molar-refractivity contribution in [2.75, 3.05) is 38.4 Å². The van der Waals surface area contributed by atoms with Gasteiger partial charge in [-0.15, -0.1) is 23.2 Å². The molecule has 3 N–H and O–H groups in total. The first-order chi connectivity index (χ1) is 13.6. The molecular formula is C17H33Cl2N4O5P. The summed E-state index contributed by atoms with van der Waals surface area (Å²) in [5.41, 5.74) is 5.75. The maximum atomic E-state index is 13.4. The van der Waals surface area contributed by atoms with Gasteiger partial charge in [-0.2, -0.15) is 0 Å². The molecule has 0 aliphatic heterocycles. The van der Waals surface area contributed by atoms with Gasteiger partial charge in [0, 0.05) is 42.4 Å². The van der Waals surface area contributed by atoms with E-state index in [2.05, 4.69) is 5.09 Å². The predicted molar refractivity (Wildman–Crippen MR) is 117 cm³/mol. The minimum Gasteiger partial charge on any atom is -0.464 e. The number of unbranched alkanes of at least 4 members (excludes halogenated alkanes) is 1. The zero-order valence-electron chi connectivity index (χ0n) is 17.3. The lowest BCUT2D eigenvalue weighted by atomic mass is 10.1. The van der Waals surface area contributed by atoms with E-state index in [1.807, 2.05) is 26.0 Å². The van der Waals surface area contributed by atoms with Gasteiger partial charge in [0.25, 0.3) is 0 Å². The summed E-state index contributed by atoms with van der Waals surface area (Å²) in [6.07, 6.45) is 2.77. The summed E-state index contributed by atoms with van der Waals surface area (Å²) in [4.78, 5) is 8.31. The molecule has 2 unspecified atom stereocenters. The van der Waals surface area contributed by atoms with Gasteiger partial charge in [-0.3, -0.25) is 19.2 Å². The lowest BCUT2D eigenvalue weighted by Crippen LogP contribution is -2.33. The van der Waals surface area contributed by atoms with E-state index in [1.54, 1.807) is 4.67 Å². The van der Waals surface area contributed by atoms with Gasteiger partial charge in [0.15, 0.2) is 7.05 Å². The molecule has 0 spiro atoms. The molecule has 29 heavy (non-hydrogen) atoms. The molecule has 0 aromatic carbocycles. The van der Waals surface area contributed by atoms with Gasteiger partial charge < -0.3 is 10.2 Å². The highest BCUT2D eigenvalue weighted by molar-refractivity contribution is 7.54. The van der Waals surface area contributed by atoms with Crippen LogP contribution in [0.3, 0.4) is 0 Å². The number of halogens is 2. The van der Waals surface area contributed by atoms with E-state index in [1.165, 1.54) is 0 Å². The molecular weight excluding hydrogens is 442 g/mol. The number of aryl methyl sites for hydroxylation is 1. The number of hydrogen-bond donors (Lipinski definition) is 2. The molecule has 0 aliphatic carbocycles. The second-order valence-corrected chi connectivity index (χ2v) is 9.40. The average molecular weight is 475 g/mol. The van der Waals surface area contributed by atoms with Crippen LogP contribution in [0.1, 0.15) is 37.7 Å². The highest BCUT2D eigenvalue weighted by Crippen LogP contribution is 2.47. The third kappa shape index (κ3) is 14.0. The molecule has 0 aliphatic rings. The van der Waals surface area contributed by atoms with Gasteiger partial charge in [-0.05, 0) is 38.8 Å². The lowest BCUT2D eigenvalue weighted by molar-refractivity contribution is -0.445. The maximum absolute atomic E-state index is 13.4. The number of nitro groups is 1. The Balaban J connectivity index is 0.00000178. The van der Waals surface area contributed by atoms with Crippen molar-refractivity contribution in [3.8, 4) is 0 Å². The van der Waals surface area contributed by atoms with Crippen molar-refractivity contribution in [3.05, 3.63) is 33.8 Å². The summed E-state index contributed by atoms with van der Waals surface area (Å²) < 4.78 is 26.3. The fourth-order valence-electron chi connectivity index (χ4n) is 2.32. The van der Waals surface area contributed by atoms with E-state index in [-0.39, 0.29) is 12.6 Å². The monoisotopic (exact) mass is 474 g/mol. The van der Waals surface area contributed by atoms with E-state index < -0.39 is 12.6 Å². The minimum atomic E-state index is -3.26. The predicted octanol–water partition coefficient (Wildman–Crippen LogP) is 3.99. The van der Waals surface area contributed by atoms with Crippen LogP contribution in [0.4, 0.5) is 0 Å². The number of nitrogens with zero attached hydrogens (tertiary/aromatic N) is 2. The Morgan fingerprint density at radius 1 is 1.34 bits per heavy atom. The Morgan fingerprint density at radius 2 is 1.93 bits per heavy atom. The fourth-order valence-corrected chi connectivity index (χ4v) is 4.89. The van der Waals surface area contributed by atoms with Crippen molar-refractivity contribution in [2.24, 2.45) is 5.73 Å². The van der Waals surface area contributed by atoms with Crippen molar-refractivity contribution < 1.29 is 18.4 Å². The average Bonchev–Trinajstić information content (AvgIpc) is 3.04. The third-order valence-corrected chi connectivity index (χ3v) is 6.22. The van der Waals surface area contributed by atoms with Crippen molar-refractivity contribution >= 4 is 30.9 Å². The molecule has 0 fully saturated rings. The molecule has 1 aromatic rings. The van der Waals surface area contributed by atoms with Gasteiger partial charge in [0.1, 0.15) is 18.1 Å². The summed E-state index contributed by atoms with van der Waals surface area (Å²) in [7, 11) is -2.37. The molecule has 12 heteroatoms. The van der Waals surface area contributed by atoms with E-state index in [0.717, 1.165) is 32.1 Å². The smallest absolute Gasteiger partial charge is 0.343 e. The van der Waals surface area contributed by atoms with Crippen LogP contribution in [0.5, 0.6) is 0 Å². The minimum absolute atomic E-state index is 0.124. The molecule has 170 valence electrons. The van der Waals surface area contributed by atoms with Crippen molar-refractivity contribution in [2.45, 2.75) is 45.8 Å². The molecule has 0 bridgehead atoms. The number of nitrogens with two attached hydrogens (primary N) is 1. The Morgan fingerprint density at radius 3 is 2.38 bits per heavy atom. The Kier molecular flexibility index (Phi) is 15.7. The summed E-state index contributed by atoms with van der Waals surface area (Å²) in [6, 6.07) is 3.84. The van der Waals surface area contributed by atoms with Gasteiger partial charge in [-0.1, -0.05) is 6.42 Å². The Hall–Kier alpha value is -0.670. The molecule has 2 atom stereocenters. The molecule has 1 rings (SSSR count). The number of rotatable bonds is 14. The number of nitrogens with one attached hydrogen (secondary N) is 1. The maximum Gasteiger partial charge on any atom is 0.343 e. The summed E-state index contributed by atoms with van der Waals surface area (Å²) in [6.45, 7) is 5.38. The first kappa shape index (κ1) is 28.3. The van der Waals surface area contributed by atoms with E-state index in [4.69, 9.17) is 48.0 Å². The zero-order valence-corrected chi connectivity index (χ0v) is 19.7. The van der Waals surface area contributed by atoms with Crippen LogP contribution in [0.25, 0.3) is 0 Å². The second-order valence-electron chi connectivity index (χ2n) is 6.46. The van der Waals surface area contributed by atoms with Crippen LogP contribution < -0.4 is 10.8 Å². The van der Waals surface area contributed by atoms with Crippen molar-refractivity contribution in [1.82, 2.24) is 9.76 Å². The van der Waals surface area contributed by atoms with Gasteiger partial charge in [-0.25, -0.2) is 9.76 Å². The molecule has 1 aromatic heterocycles. The highest BCUT2D eigenvalue weighted by atomic mass is 35.5. The SMILES string of the molecule is C[N+](=O)[O-].Cc1ccc(COP(=O)(NCCCCC(C)N)N(CCCl)CCCl)o1. The molecule has 9 nitrogen and oxygen atoms in total. The molecule has 0 amide bonds. The summed E-state index contributed by atoms with van der Waals surface area (Å²) in [5.74, 6) is 2.11. The largest absolute Gasteiger partial charge is 0.464 e. The van der Waals surface area contributed by atoms with Crippen molar-refractivity contribution in [3.63, 3.8) is 0 Å². The highest BCUT2D eigenvalue weighted by Gasteiger charge is 2.31. The van der Waals surface area contributed by atoms with Gasteiger partial charge in [0.05, 0.1) is 0 Å². The zero-order chi connectivity index (χ0) is 22.3. The van der Waals surface area contributed by atoms with Crippen LogP contribution in [0.15, 0.2) is 16.5 Å². The standard InChI is InChI=1S/C16H30Cl2N3O3P.CH3NO2/c1-14(19)5-3-4-10-20-25(22,21(11-8-17)12-9-18)23-13-16-7-6-15(2)24-16;1-2(3)4/h6-7,14H,3-5,8-13,19H2,1-2H3,(H,20,22);1H3. The summed E-state index contributed by atoms with van der Waals surface area (Å²) in [5, 5.41) is 11.9. The van der Waals surface area contributed by atoms with E-state index in [0.29, 0.717) is 37.2 Å². The molecule has 1 heterocycles. The first-order valence-electron chi connectivity index (χ1n) is 9.40. The van der Waals surface area contributed by atoms with Crippen LogP contribution >= 0.6 is 30.9 Å². The normalized spacial score (nSPS) is 14.2. The van der Waals surface area contributed by atoms with Crippen molar-refractivity contribution in [1.29, 1.82) is 0 Å². The third-order valence-electron chi connectivity index (χ3n) is 3.63. The van der Waals surface area contributed by atoms with Gasteiger partial charge >= 0.3 is 7.67 Å². The topological polar surface area (TPSA) is 124 Å². The Labute approximate surface area is 182 Å². The lowest BCUT2D eigenvalue weighted by Gasteiger charge is -2.30. The summed E-state index contributed by atoms with van der Waals surface area (Å²) >= 11 is 11.7. The molecule has 0 radical (unpaired) electrons. The molecule has 0 saturated heterocycles. The number of alkyl halides is 2. The number of hydrogen-bond acceptors (Lipinski definition) is 6. The number of furan rings is 1. The van der Waals surface area contributed by atoms with Crippen LogP contribution in [0, 0.1) is 17.0 Å².